The third kappa shape index (κ3) is 4.39. The van der Waals surface area contributed by atoms with Gasteiger partial charge in [0.1, 0.15) is 5.15 Å². The maximum absolute atomic E-state index is 6.47. The van der Waals surface area contributed by atoms with Crippen LogP contribution in [0.3, 0.4) is 0 Å². The molecule has 2 aromatic heterocycles. The fourth-order valence-corrected chi connectivity index (χ4v) is 3.59. The van der Waals surface area contributed by atoms with Crippen LogP contribution in [0, 0.1) is 6.92 Å². The molecule has 0 N–H and O–H groups in total. The molecule has 0 aliphatic carbocycles. The number of rotatable bonds is 7. The fraction of sp³-hybridized carbons (Fsp3) is 0.208. The van der Waals surface area contributed by atoms with Gasteiger partial charge in [-0.3, -0.25) is 4.99 Å². The minimum atomic E-state index is 0.402. The van der Waals surface area contributed by atoms with Gasteiger partial charge >= 0.3 is 0 Å². The first-order valence-corrected chi connectivity index (χ1v) is 10.3. The SMILES string of the molecule is COc1ccc(CCN=Cc2cc3c(C)nn(-c4ccccc4)c3nc2Cl)cc1OC. The van der Waals surface area contributed by atoms with Crippen LogP contribution >= 0.6 is 11.6 Å². The maximum Gasteiger partial charge on any atom is 0.164 e. The third-order valence-electron chi connectivity index (χ3n) is 5.03. The molecule has 0 atom stereocenters. The van der Waals surface area contributed by atoms with E-state index in [0.29, 0.717) is 23.2 Å². The van der Waals surface area contributed by atoms with E-state index in [4.69, 9.17) is 21.1 Å². The van der Waals surface area contributed by atoms with Crippen molar-refractivity contribution in [3.8, 4) is 17.2 Å². The molecule has 0 saturated carbocycles. The molecule has 0 aliphatic heterocycles. The molecular formula is C24H23ClN4O2. The average Bonchev–Trinajstić information content (AvgIpc) is 3.12. The molecule has 0 radical (unpaired) electrons. The minimum Gasteiger partial charge on any atom is -0.493 e. The van der Waals surface area contributed by atoms with Gasteiger partial charge in [0.25, 0.3) is 0 Å². The Kier molecular flexibility index (Phi) is 6.18. The van der Waals surface area contributed by atoms with E-state index in [1.165, 1.54) is 0 Å². The summed E-state index contributed by atoms with van der Waals surface area (Å²) >= 11 is 6.47. The van der Waals surface area contributed by atoms with E-state index in [9.17, 15) is 0 Å². The number of ether oxygens (including phenoxy) is 2. The number of aromatic nitrogens is 3. The molecule has 0 amide bonds. The van der Waals surface area contributed by atoms with Crippen molar-refractivity contribution in [2.24, 2.45) is 4.99 Å². The molecule has 6 nitrogen and oxygen atoms in total. The highest BCUT2D eigenvalue weighted by Crippen LogP contribution is 2.28. The number of aliphatic imine (C=N–C) groups is 1. The fourth-order valence-electron chi connectivity index (χ4n) is 3.41. The summed E-state index contributed by atoms with van der Waals surface area (Å²) in [5.74, 6) is 1.43. The van der Waals surface area contributed by atoms with Gasteiger partial charge in [-0.1, -0.05) is 35.9 Å². The van der Waals surface area contributed by atoms with Gasteiger partial charge in [-0.2, -0.15) is 5.10 Å². The number of fused-ring (bicyclic) bond motifs is 1. The highest BCUT2D eigenvalue weighted by Gasteiger charge is 2.13. The first kappa shape index (κ1) is 20.9. The molecule has 158 valence electrons. The lowest BCUT2D eigenvalue weighted by atomic mass is 10.1. The minimum absolute atomic E-state index is 0.402. The summed E-state index contributed by atoms with van der Waals surface area (Å²) in [6.07, 6.45) is 2.55. The van der Waals surface area contributed by atoms with Gasteiger partial charge in [0.2, 0.25) is 0 Å². The largest absolute Gasteiger partial charge is 0.493 e. The molecule has 4 aromatic rings. The Morgan fingerprint density at radius 1 is 1.03 bits per heavy atom. The zero-order valence-electron chi connectivity index (χ0n) is 17.7. The van der Waals surface area contributed by atoms with Crippen LogP contribution in [0.2, 0.25) is 5.15 Å². The van der Waals surface area contributed by atoms with Crippen molar-refractivity contribution in [1.29, 1.82) is 0 Å². The predicted molar refractivity (Wildman–Crippen MR) is 124 cm³/mol. The molecule has 0 unspecified atom stereocenters. The summed E-state index contributed by atoms with van der Waals surface area (Å²) in [6.45, 7) is 2.58. The van der Waals surface area contributed by atoms with Crippen molar-refractivity contribution < 1.29 is 9.47 Å². The summed E-state index contributed by atoms with van der Waals surface area (Å²) in [5, 5.41) is 5.99. The van der Waals surface area contributed by atoms with E-state index < -0.39 is 0 Å². The number of benzene rings is 2. The van der Waals surface area contributed by atoms with Gasteiger partial charge in [0, 0.05) is 23.7 Å². The number of halogens is 1. The zero-order chi connectivity index (χ0) is 21.8. The van der Waals surface area contributed by atoms with Crippen LogP contribution in [0.15, 0.2) is 59.6 Å². The van der Waals surface area contributed by atoms with E-state index >= 15 is 0 Å². The smallest absolute Gasteiger partial charge is 0.164 e. The van der Waals surface area contributed by atoms with Crippen molar-refractivity contribution in [3.05, 3.63) is 76.6 Å². The zero-order valence-corrected chi connectivity index (χ0v) is 18.4. The number of aryl methyl sites for hydroxylation is 1. The highest BCUT2D eigenvalue weighted by atomic mass is 35.5. The Balaban J connectivity index is 1.53. The Morgan fingerprint density at radius 3 is 2.55 bits per heavy atom. The normalized spacial score (nSPS) is 11.4. The first-order chi connectivity index (χ1) is 15.1. The number of hydrogen-bond acceptors (Lipinski definition) is 5. The van der Waals surface area contributed by atoms with Crippen molar-refractivity contribution in [2.75, 3.05) is 20.8 Å². The van der Waals surface area contributed by atoms with Gasteiger partial charge in [0.15, 0.2) is 17.1 Å². The third-order valence-corrected chi connectivity index (χ3v) is 5.33. The van der Waals surface area contributed by atoms with Crippen LogP contribution in [0.4, 0.5) is 0 Å². The number of nitrogens with zero attached hydrogens (tertiary/aromatic N) is 4. The molecule has 0 saturated heterocycles. The molecule has 2 heterocycles. The number of hydrogen-bond donors (Lipinski definition) is 0. The van der Waals surface area contributed by atoms with Gasteiger partial charge in [-0.05, 0) is 49.2 Å². The van der Waals surface area contributed by atoms with Gasteiger partial charge in [-0.15, -0.1) is 0 Å². The summed E-state index contributed by atoms with van der Waals surface area (Å²) in [4.78, 5) is 9.14. The summed E-state index contributed by atoms with van der Waals surface area (Å²) in [6, 6.07) is 17.8. The molecule has 0 spiro atoms. The van der Waals surface area contributed by atoms with Crippen molar-refractivity contribution in [3.63, 3.8) is 0 Å². The molecular weight excluding hydrogens is 412 g/mol. The molecule has 0 bridgehead atoms. The highest BCUT2D eigenvalue weighted by molar-refractivity contribution is 6.32. The second-order valence-electron chi connectivity index (χ2n) is 7.05. The second kappa shape index (κ2) is 9.18. The van der Waals surface area contributed by atoms with Gasteiger partial charge < -0.3 is 9.47 Å². The molecule has 31 heavy (non-hydrogen) atoms. The molecule has 0 aliphatic rings. The Morgan fingerprint density at radius 2 is 1.81 bits per heavy atom. The van der Waals surface area contributed by atoms with Crippen LogP contribution in [0.5, 0.6) is 11.5 Å². The van der Waals surface area contributed by atoms with E-state index in [1.807, 2.05) is 66.2 Å². The topological polar surface area (TPSA) is 61.5 Å². The van der Waals surface area contributed by atoms with E-state index in [0.717, 1.165) is 40.0 Å². The molecule has 0 fully saturated rings. The van der Waals surface area contributed by atoms with Gasteiger partial charge in [-0.25, -0.2) is 9.67 Å². The molecule has 2 aromatic carbocycles. The monoisotopic (exact) mass is 434 g/mol. The second-order valence-corrected chi connectivity index (χ2v) is 7.40. The lowest BCUT2D eigenvalue weighted by Crippen LogP contribution is -1.98. The van der Waals surface area contributed by atoms with E-state index in [-0.39, 0.29) is 0 Å². The van der Waals surface area contributed by atoms with Crippen molar-refractivity contribution in [2.45, 2.75) is 13.3 Å². The number of para-hydroxylation sites is 1. The van der Waals surface area contributed by atoms with Crippen LogP contribution in [0.1, 0.15) is 16.8 Å². The molecule has 7 heteroatoms. The van der Waals surface area contributed by atoms with Crippen molar-refractivity contribution in [1.82, 2.24) is 14.8 Å². The standard InChI is InChI=1S/C24H23ClN4O2/c1-16-20-14-18(15-26-12-11-17-9-10-21(30-2)22(13-17)31-3)23(25)27-24(20)29(28-16)19-7-5-4-6-8-19/h4-10,13-15H,11-12H2,1-3H3. The van der Waals surface area contributed by atoms with Crippen molar-refractivity contribution >= 4 is 28.8 Å². The Bertz CT molecular complexity index is 1240. The Hall–Kier alpha value is -3.38. The number of pyridine rings is 1. The van der Waals surface area contributed by atoms with Crippen LogP contribution < -0.4 is 9.47 Å². The summed E-state index contributed by atoms with van der Waals surface area (Å²) < 4.78 is 12.5. The predicted octanol–water partition coefficient (Wildman–Crippen LogP) is 5.06. The average molecular weight is 435 g/mol. The maximum atomic E-state index is 6.47. The number of methoxy groups -OCH3 is 2. The lowest BCUT2D eigenvalue weighted by Gasteiger charge is -2.08. The quantitative estimate of drug-likeness (QED) is 0.301. The van der Waals surface area contributed by atoms with Gasteiger partial charge in [0.05, 0.1) is 25.6 Å². The molecule has 4 rings (SSSR count). The van der Waals surface area contributed by atoms with Crippen LogP contribution in [-0.4, -0.2) is 41.7 Å². The lowest BCUT2D eigenvalue weighted by molar-refractivity contribution is 0.354. The summed E-state index contributed by atoms with van der Waals surface area (Å²) in [7, 11) is 3.26. The summed E-state index contributed by atoms with van der Waals surface area (Å²) in [5.41, 5.74) is 4.46. The first-order valence-electron chi connectivity index (χ1n) is 9.92. The Labute approximate surface area is 186 Å². The van der Waals surface area contributed by atoms with Crippen LogP contribution in [-0.2, 0) is 6.42 Å². The van der Waals surface area contributed by atoms with E-state index in [2.05, 4.69) is 15.1 Å². The van der Waals surface area contributed by atoms with E-state index in [1.54, 1.807) is 20.4 Å². The van der Waals surface area contributed by atoms with Crippen LogP contribution in [0.25, 0.3) is 16.7 Å².